The van der Waals surface area contributed by atoms with Crippen LogP contribution in [0, 0.1) is 13.8 Å². The van der Waals surface area contributed by atoms with E-state index in [0.29, 0.717) is 22.4 Å². The average Bonchev–Trinajstić information content (AvgIpc) is 2.38. The Bertz CT molecular complexity index is 591. The molecule has 0 radical (unpaired) electrons. The molecule has 2 atom stereocenters. The van der Waals surface area contributed by atoms with Crippen molar-refractivity contribution in [3.8, 4) is 0 Å². The lowest BCUT2D eigenvalue weighted by Crippen LogP contribution is -2.47. The minimum absolute atomic E-state index is 0.00147. The second-order valence-electron chi connectivity index (χ2n) is 5.39. The Morgan fingerprint density at radius 2 is 1.95 bits per heavy atom. The van der Waals surface area contributed by atoms with Crippen LogP contribution in [0.1, 0.15) is 25.0 Å². The maximum absolute atomic E-state index is 12.8. The maximum Gasteiger partial charge on any atom is 0.243 e. The summed E-state index contributed by atoms with van der Waals surface area (Å²) in [6, 6.07) is 3.30. The van der Waals surface area contributed by atoms with E-state index in [1.165, 1.54) is 0 Å². The van der Waals surface area contributed by atoms with E-state index in [-0.39, 0.29) is 6.04 Å². The van der Waals surface area contributed by atoms with Crippen LogP contribution in [0.5, 0.6) is 0 Å². The fourth-order valence-corrected chi connectivity index (χ4v) is 5.50. The third-order valence-corrected chi connectivity index (χ3v) is 7.42. The molecule has 1 saturated heterocycles. The Balaban J connectivity index is 2.45. The van der Waals surface area contributed by atoms with Crippen molar-refractivity contribution in [1.82, 2.24) is 4.31 Å². The molecule has 20 heavy (non-hydrogen) atoms. The Morgan fingerprint density at radius 3 is 2.55 bits per heavy atom. The number of nitrogens with two attached hydrogens (primary N) is 1. The summed E-state index contributed by atoms with van der Waals surface area (Å²) < 4.78 is 27.2. The summed E-state index contributed by atoms with van der Waals surface area (Å²) in [4.78, 5) is 0.309. The molecule has 1 fully saturated rings. The zero-order valence-electron chi connectivity index (χ0n) is 12.4. The second kappa shape index (κ2) is 5.58. The second-order valence-corrected chi connectivity index (χ2v) is 8.76. The molecule has 1 aromatic carbocycles. The minimum Gasteiger partial charge on any atom is -0.398 e. The number of thioether (sulfide) groups is 1. The molecule has 1 aliphatic rings. The van der Waals surface area contributed by atoms with Gasteiger partial charge in [0.05, 0.1) is 4.90 Å². The lowest BCUT2D eigenvalue weighted by molar-refractivity contribution is 0.340. The van der Waals surface area contributed by atoms with Gasteiger partial charge in [-0.3, -0.25) is 0 Å². The molecule has 0 bridgehead atoms. The van der Waals surface area contributed by atoms with E-state index in [9.17, 15) is 8.42 Å². The van der Waals surface area contributed by atoms with Crippen LogP contribution in [0.3, 0.4) is 0 Å². The topological polar surface area (TPSA) is 63.4 Å². The van der Waals surface area contributed by atoms with Crippen LogP contribution in [0.15, 0.2) is 17.0 Å². The zero-order chi connectivity index (χ0) is 15.1. The molecule has 1 heterocycles. The van der Waals surface area contributed by atoms with Crippen molar-refractivity contribution in [2.45, 2.75) is 43.9 Å². The standard InChI is InChI=1S/C14H22N2O2S2/c1-9-7-13(8-14(15)10(9)2)20(17,18)16-5-6-19-12(4)11(16)3/h7-8,11-12H,5-6,15H2,1-4H3. The molecule has 0 spiro atoms. The van der Waals surface area contributed by atoms with Crippen molar-refractivity contribution in [3.05, 3.63) is 23.3 Å². The number of sulfonamides is 1. The molecule has 112 valence electrons. The van der Waals surface area contributed by atoms with Crippen molar-refractivity contribution < 1.29 is 8.42 Å². The van der Waals surface area contributed by atoms with Gasteiger partial charge >= 0.3 is 0 Å². The Kier molecular flexibility index (Phi) is 4.37. The van der Waals surface area contributed by atoms with E-state index in [1.54, 1.807) is 16.4 Å². The Hall–Kier alpha value is -0.720. The normalized spacial score (nSPS) is 24.8. The molecular formula is C14H22N2O2S2. The highest BCUT2D eigenvalue weighted by molar-refractivity contribution is 8.00. The maximum atomic E-state index is 12.8. The van der Waals surface area contributed by atoms with Crippen LogP contribution in [0.2, 0.25) is 0 Å². The Morgan fingerprint density at radius 1 is 1.30 bits per heavy atom. The fourth-order valence-electron chi connectivity index (χ4n) is 2.38. The highest BCUT2D eigenvalue weighted by Gasteiger charge is 2.35. The first-order valence-electron chi connectivity index (χ1n) is 6.75. The van der Waals surface area contributed by atoms with Crippen LogP contribution in [0.25, 0.3) is 0 Å². The summed E-state index contributed by atoms with van der Waals surface area (Å²) in [6.45, 7) is 8.40. The van der Waals surface area contributed by atoms with E-state index < -0.39 is 10.0 Å². The van der Waals surface area contributed by atoms with Crippen molar-refractivity contribution in [2.75, 3.05) is 18.0 Å². The molecule has 1 aliphatic heterocycles. The highest BCUT2D eigenvalue weighted by atomic mass is 32.2. The molecule has 6 heteroatoms. The van der Waals surface area contributed by atoms with E-state index >= 15 is 0 Å². The van der Waals surface area contributed by atoms with Gasteiger partial charge in [0.1, 0.15) is 0 Å². The largest absolute Gasteiger partial charge is 0.398 e. The molecule has 2 unspecified atom stereocenters. The van der Waals surface area contributed by atoms with Crippen LogP contribution in [0.4, 0.5) is 5.69 Å². The van der Waals surface area contributed by atoms with Gasteiger partial charge in [-0.1, -0.05) is 6.92 Å². The number of hydrogen-bond acceptors (Lipinski definition) is 4. The van der Waals surface area contributed by atoms with E-state index in [4.69, 9.17) is 5.73 Å². The van der Waals surface area contributed by atoms with E-state index in [0.717, 1.165) is 16.9 Å². The predicted octanol–water partition coefficient (Wildman–Crippen LogP) is 2.40. The van der Waals surface area contributed by atoms with E-state index in [1.807, 2.05) is 32.5 Å². The molecule has 1 aromatic rings. The summed E-state index contributed by atoms with van der Waals surface area (Å²) in [7, 11) is -3.47. The van der Waals surface area contributed by atoms with Gasteiger partial charge in [0.15, 0.2) is 0 Å². The third kappa shape index (κ3) is 2.69. The first-order valence-corrected chi connectivity index (χ1v) is 9.24. The van der Waals surface area contributed by atoms with Crippen LogP contribution >= 0.6 is 11.8 Å². The van der Waals surface area contributed by atoms with Gasteiger partial charge in [-0.25, -0.2) is 8.42 Å². The smallest absolute Gasteiger partial charge is 0.243 e. The van der Waals surface area contributed by atoms with Crippen LogP contribution in [-0.2, 0) is 10.0 Å². The van der Waals surface area contributed by atoms with Gasteiger partial charge in [-0.2, -0.15) is 16.1 Å². The quantitative estimate of drug-likeness (QED) is 0.852. The molecule has 0 aliphatic carbocycles. The minimum atomic E-state index is -3.47. The first-order chi connectivity index (χ1) is 9.25. The highest BCUT2D eigenvalue weighted by Crippen LogP contribution is 2.31. The molecule has 0 amide bonds. The van der Waals surface area contributed by atoms with Crippen LogP contribution < -0.4 is 5.73 Å². The molecule has 2 N–H and O–H groups in total. The number of rotatable bonds is 2. The molecular weight excluding hydrogens is 292 g/mol. The van der Waals surface area contributed by atoms with Gasteiger partial charge < -0.3 is 5.73 Å². The lowest BCUT2D eigenvalue weighted by Gasteiger charge is -2.36. The van der Waals surface area contributed by atoms with Gasteiger partial charge in [0.2, 0.25) is 10.0 Å². The van der Waals surface area contributed by atoms with Gasteiger partial charge in [-0.15, -0.1) is 0 Å². The SMILES string of the molecule is Cc1cc(S(=O)(=O)N2CCSC(C)C2C)cc(N)c1C. The molecule has 0 aromatic heterocycles. The number of aryl methyl sites for hydroxylation is 1. The zero-order valence-corrected chi connectivity index (χ0v) is 14.0. The predicted molar refractivity (Wildman–Crippen MR) is 85.6 cm³/mol. The number of benzene rings is 1. The summed E-state index contributed by atoms with van der Waals surface area (Å²) in [5.74, 6) is 0.838. The summed E-state index contributed by atoms with van der Waals surface area (Å²) >= 11 is 1.82. The third-order valence-electron chi connectivity index (χ3n) is 4.11. The number of nitrogen functional groups attached to an aromatic ring is 1. The first kappa shape index (κ1) is 15.7. The van der Waals surface area contributed by atoms with Gasteiger partial charge in [0.25, 0.3) is 0 Å². The molecule has 4 nitrogen and oxygen atoms in total. The molecule has 0 saturated carbocycles. The number of hydrogen-bond donors (Lipinski definition) is 1. The lowest BCUT2D eigenvalue weighted by atomic mass is 10.1. The average molecular weight is 314 g/mol. The van der Waals surface area contributed by atoms with Crippen molar-refractivity contribution in [1.29, 1.82) is 0 Å². The van der Waals surface area contributed by atoms with Gasteiger partial charge in [0, 0.05) is 29.3 Å². The van der Waals surface area contributed by atoms with Gasteiger partial charge in [-0.05, 0) is 44.0 Å². The number of nitrogens with zero attached hydrogens (tertiary/aromatic N) is 1. The monoisotopic (exact) mass is 314 g/mol. The van der Waals surface area contributed by atoms with Crippen LogP contribution in [-0.4, -0.2) is 36.3 Å². The molecule has 2 rings (SSSR count). The number of anilines is 1. The summed E-state index contributed by atoms with van der Waals surface area (Å²) in [5.41, 5.74) is 8.32. The van der Waals surface area contributed by atoms with Crippen molar-refractivity contribution in [2.24, 2.45) is 0 Å². The van der Waals surface area contributed by atoms with Crippen molar-refractivity contribution >= 4 is 27.5 Å². The van der Waals surface area contributed by atoms with Crippen molar-refractivity contribution in [3.63, 3.8) is 0 Å². The van der Waals surface area contributed by atoms with E-state index in [2.05, 4.69) is 6.92 Å². The Labute approximate surface area is 125 Å². The summed E-state index contributed by atoms with van der Waals surface area (Å²) in [5, 5.41) is 0.308. The fraction of sp³-hybridized carbons (Fsp3) is 0.571. The summed E-state index contributed by atoms with van der Waals surface area (Å²) in [6.07, 6.45) is 0.